The fourth-order valence-corrected chi connectivity index (χ4v) is 5.44. The Morgan fingerprint density at radius 3 is 2.29 bits per heavy atom. The van der Waals surface area contributed by atoms with Crippen molar-refractivity contribution in [2.45, 2.75) is 38.1 Å². The van der Waals surface area contributed by atoms with Gasteiger partial charge in [-0.1, -0.05) is 0 Å². The van der Waals surface area contributed by atoms with Crippen LogP contribution in [0.25, 0.3) is 0 Å². The minimum Gasteiger partial charge on any atom is -0.398 e. The number of carbonyl (C=O) groups excluding carboxylic acids is 1. The van der Waals surface area contributed by atoms with Crippen LogP contribution in [0.15, 0.2) is 22.7 Å². The van der Waals surface area contributed by atoms with Gasteiger partial charge in [-0.15, -0.1) is 0 Å². The largest absolute Gasteiger partial charge is 0.398 e. The number of amides is 1. The van der Waals surface area contributed by atoms with E-state index < -0.39 is 0 Å². The van der Waals surface area contributed by atoms with Gasteiger partial charge in [0.05, 0.1) is 0 Å². The molecule has 0 atom stereocenters. The van der Waals surface area contributed by atoms with Gasteiger partial charge in [-0.25, -0.2) is 0 Å². The summed E-state index contributed by atoms with van der Waals surface area (Å²) in [5, 5.41) is 3.32. The summed E-state index contributed by atoms with van der Waals surface area (Å²) in [7, 11) is 0. The van der Waals surface area contributed by atoms with E-state index in [2.05, 4.69) is 21.2 Å². The zero-order valence-electron chi connectivity index (χ0n) is 12.0. The van der Waals surface area contributed by atoms with Crippen LogP contribution in [0.4, 0.5) is 5.69 Å². The second kappa shape index (κ2) is 5.01. The van der Waals surface area contributed by atoms with Gasteiger partial charge in [0, 0.05) is 21.8 Å². The van der Waals surface area contributed by atoms with Crippen LogP contribution in [0.1, 0.15) is 42.5 Å². The first-order valence-electron chi connectivity index (χ1n) is 7.96. The highest BCUT2D eigenvalue weighted by Crippen LogP contribution is 2.53. The summed E-state index contributed by atoms with van der Waals surface area (Å²) in [4.78, 5) is 12.5. The van der Waals surface area contributed by atoms with Crippen LogP contribution in [0.5, 0.6) is 0 Å². The third kappa shape index (κ3) is 2.37. The molecule has 0 radical (unpaired) electrons. The molecule has 1 aromatic rings. The highest BCUT2D eigenvalue weighted by Gasteiger charge is 2.48. The summed E-state index contributed by atoms with van der Waals surface area (Å²) in [5.41, 5.74) is 7.16. The molecule has 1 amide bonds. The van der Waals surface area contributed by atoms with E-state index in [0.717, 1.165) is 16.3 Å². The van der Waals surface area contributed by atoms with Crippen LogP contribution < -0.4 is 11.1 Å². The van der Waals surface area contributed by atoms with E-state index in [4.69, 9.17) is 5.73 Å². The van der Waals surface area contributed by atoms with Crippen LogP contribution in [-0.4, -0.2) is 11.9 Å². The molecule has 4 aliphatic rings. The van der Waals surface area contributed by atoms with Crippen molar-refractivity contribution >= 4 is 27.5 Å². The van der Waals surface area contributed by atoms with E-state index in [1.54, 1.807) is 6.07 Å². The van der Waals surface area contributed by atoms with Crippen molar-refractivity contribution in [3.63, 3.8) is 0 Å². The van der Waals surface area contributed by atoms with Crippen molar-refractivity contribution in [2.24, 2.45) is 23.7 Å². The highest BCUT2D eigenvalue weighted by atomic mass is 79.9. The maximum absolute atomic E-state index is 12.5. The predicted molar refractivity (Wildman–Crippen MR) is 86.9 cm³/mol. The molecule has 112 valence electrons. The van der Waals surface area contributed by atoms with Gasteiger partial charge in [0.15, 0.2) is 0 Å². The van der Waals surface area contributed by atoms with Crippen molar-refractivity contribution in [1.29, 1.82) is 0 Å². The Balaban J connectivity index is 1.50. The van der Waals surface area contributed by atoms with Gasteiger partial charge in [-0.3, -0.25) is 4.79 Å². The number of hydrogen-bond acceptors (Lipinski definition) is 2. The minimum absolute atomic E-state index is 0.0492. The number of halogens is 1. The topological polar surface area (TPSA) is 55.1 Å². The molecule has 3 N–H and O–H groups in total. The van der Waals surface area contributed by atoms with Crippen LogP contribution >= 0.6 is 15.9 Å². The molecule has 1 aromatic carbocycles. The van der Waals surface area contributed by atoms with Gasteiger partial charge in [0.1, 0.15) is 0 Å². The molecule has 0 saturated heterocycles. The quantitative estimate of drug-likeness (QED) is 0.802. The standard InChI is InChI=1S/C17H21BrN2O/c18-14-8-11(1-2-15(14)19)17(21)20-16-12-4-9-3-10(6-12)7-13(16)5-9/h1-2,8-10,12-13,16H,3-7,19H2,(H,20,21). The molecule has 4 fully saturated rings. The smallest absolute Gasteiger partial charge is 0.251 e. The van der Waals surface area contributed by atoms with Crippen molar-refractivity contribution in [3.05, 3.63) is 28.2 Å². The fraction of sp³-hybridized carbons (Fsp3) is 0.588. The lowest BCUT2D eigenvalue weighted by Gasteiger charge is -2.54. The number of nitrogens with two attached hydrogens (primary N) is 1. The average molecular weight is 349 g/mol. The zero-order chi connectivity index (χ0) is 14.6. The van der Waals surface area contributed by atoms with Gasteiger partial charge >= 0.3 is 0 Å². The second-order valence-corrected chi connectivity index (χ2v) is 8.02. The van der Waals surface area contributed by atoms with Crippen molar-refractivity contribution < 1.29 is 4.79 Å². The summed E-state index contributed by atoms with van der Waals surface area (Å²) in [6, 6.07) is 5.81. The van der Waals surface area contributed by atoms with Crippen molar-refractivity contribution in [1.82, 2.24) is 5.32 Å². The summed E-state index contributed by atoms with van der Waals surface area (Å²) in [6.45, 7) is 0. The molecule has 0 spiro atoms. The molecule has 0 aromatic heterocycles. The monoisotopic (exact) mass is 348 g/mol. The number of rotatable bonds is 2. The number of nitrogens with one attached hydrogen (secondary N) is 1. The lowest BCUT2D eigenvalue weighted by molar-refractivity contribution is -0.0119. The summed E-state index contributed by atoms with van der Waals surface area (Å²) in [6.07, 6.45) is 6.73. The van der Waals surface area contributed by atoms with Gasteiger partial charge < -0.3 is 11.1 Å². The lowest BCUT2D eigenvalue weighted by atomic mass is 9.54. The first-order valence-corrected chi connectivity index (χ1v) is 8.75. The Morgan fingerprint density at radius 2 is 1.71 bits per heavy atom. The van der Waals surface area contributed by atoms with Crippen LogP contribution in [-0.2, 0) is 0 Å². The number of anilines is 1. The van der Waals surface area contributed by atoms with Crippen molar-refractivity contribution in [2.75, 3.05) is 5.73 Å². The maximum Gasteiger partial charge on any atom is 0.251 e. The van der Waals surface area contributed by atoms with E-state index in [0.29, 0.717) is 29.1 Å². The average Bonchev–Trinajstić information content (AvgIpc) is 2.45. The highest BCUT2D eigenvalue weighted by molar-refractivity contribution is 9.10. The number of carbonyl (C=O) groups is 1. The molecule has 4 aliphatic carbocycles. The van der Waals surface area contributed by atoms with Crippen molar-refractivity contribution in [3.8, 4) is 0 Å². The van der Waals surface area contributed by atoms with E-state index in [9.17, 15) is 4.79 Å². The second-order valence-electron chi connectivity index (χ2n) is 7.17. The van der Waals surface area contributed by atoms with E-state index in [1.807, 2.05) is 12.1 Å². The van der Waals surface area contributed by atoms with E-state index >= 15 is 0 Å². The summed E-state index contributed by atoms with van der Waals surface area (Å²) in [5.74, 6) is 3.34. The Kier molecular flexibility index (Phi) is 3.25. The van der Waals surface area contributed by atoms with E-state index in [-0.39, 0.29) is 5.91 Å². The SMILES string of the molecule is Nc1ccc(C(=O)NC2C3CC4CC(C3)CC2C4)cc1Br. The zero-order valence-corrected chi connectivity index (χ0v) is 13.6. The molecule has 5 rings (SSSR count). The van der Waals surface area contributed by atoms with Crippen LogP contribution in [0, 0.1) is 23.7 Å². The summed E-state index contributed by atoms with van der Waals surface area (Å²) >= 11 is 3.40. The van der Waals surface area contributed by atoms with Crippen LogP contribution in [0.3, 0.4) is 0 Å². The van der Waals surface area contributed by atoms with Gasteiger partial charge in [-0.2, -0.15) is 0 Å². The number of benzene rings is 1. The Labute approximate surface area is 133 Å². The first kappa shape index (κ1) is 13.6. The first-order chi connectivity index (χ1) is 10.1. The third-order valence-corrected chi connectivity index (χ3v) is 6.47. The van der Waals surface area contributed by atoms with Crippen LogP contribution in [0.2, 0.25) is 0 Å². The molecular formula is C17H21BrN2O. The lowest BCUT2D eigenvalue weighted by Crippen LogP contribution is -2.55. The molecule has 4 saturated carbocycles. The third-order valence-electron chi connectivity index (χ3n) is 5.79. The molecule has 0 heterocycles. The fourth-order valence-electron chi connectivity index (χ4n) is 5.06. The van der Waals surface area contributed by atoms with E-state index in [1.165, 1.54) is 32.1 Å². The molecule has 4 bridgehead atoms. The maximum atomic E-state index is 12.5. The Bertz CT molecular complexity index is 558. The van der Waals surface area contributed by atoms with Gasteiger partial charge in [-0.05, 0) is 89.9 Å². The van der Waals surface area contributed by atoms with Gasteiger partial charge in [0.2, 0.25) is 0 Å². The molecular weight excluding hydrogens is 328 g/mol. The Morgan fingerprint density at radius 1 is 1.10 bits per heavy atom. The molecule has 4 heteroatoms. The molecule has 3 nitrogen and oxygen atoms in total. The molecule has 0 unspecified atom stereocenters. The summed E-state index contributed by atoms with van der Waals surface area (Å²) < 4.78 is 0.792. The predicted octanol–water partition coefficient (Wildman–Crippen LogP) is 3.59. The minimum atomic E-state index is 0.0492. The van der Waals surface area contributed by atoms with Gasteiger partial charge in [0.25, 0.3) is 5.91 Å². The molecule has 0 aliphatic heterocycles. The normalized spacial score (nSPS) is 36.7. The Hall–Kier alpha value is -1.03. The number of hydrogen-bond donors (Lipinski definition) is 2. The molecule has 21 heavy (non-hydrogen) atoms. The number of nitrogen functional groups attached to an aromatic ring is 1.